The van der Waals surface area contributed by atoms with Crippen LogP contribution in [-0.4, -0.2) is 26.3 Å². The lowest BCUT2D eigenvalue weighted by molar-refractivity contribution is -0.144. The summed E-state index contributed by atoms with van der Waals surface area (Å²) < 4.78 is 9.72. The van der Waals surface area contributed by atoms with Gasteiger partial charge in [-0.1, -0.05) is 12.1 Å². The normalized spacial score (nSPS) is 10.1. The van der Waals surface area contributed by atoms with E-state index in [-0.39, 0.29) is 5.97 Å². The molecule has 0 aliphatic carbocycles. The van der Waals surface area contributed by atoms with Crippen molar-refractivity contribution in [1.29, 1.82) is 0 Å². The van der Waals surface area contributed by atoms with Crippen molar-refractivity contribution in [2.24, 2.45) is 0 Å². The summed E-state index contributed by atoms with van der Waals surface area (Å²) in [5.41, 5.74) is 7.39. The summed E-state index contributed by atoms with van der Waals surface area (Å²) >= 11 is 0. The molecule has 0 atom stereocenters. The number of methoxy groups -OCH3 is 1. The van der Waals surface area contributed by atoms with E-state index in [1.54, 1.807) is 7.11 Å². The van der Waals surface area contributed by atoms with Crippen LogP contribution in [0.25, 0.3) is 0 Å². The van der Waals surface area contributed by atoms with E-state index < -0.39 is 0 Å². The van der Waals surface area contributed by atoms with Crippen molar-refractivity contribution in [2.45, 2.75) is 12.8 Å². The van der Waals surface area contributed by atoms with Gasteiger partial charge in [0.2, 0.25) is 0 Å². The van der Waals surface area contributed by atoms with Crippen molar-refractivity contribution in [2.75, 3.05) is 26.1 Å². The van der Waals surface area contributed by atoms with Crippen LogP contribution in [0, 0.1) is 0 Å². The molecule has 1 aromatic rings. The molecule has 0 amide bonds. The first-order valence-corrected chi connectivity index (χ1v) is 5.21. The number of esters is 1. The van der Waals surface area contributed by atoms with Gasteiger partial charge in [-0.05, 0) is 24.1 Å². The highest BCUT2D eigenvalue weighted by Gasteiger charge is 2.03. The third-order valence-corrected chi connectivity index (χ3v) is 2.12. The van der Waals surface area contributed by atoms with Crippen LogP contribution in [-0.2, 0) is 20.7 Å². The van der Waals surface area contributed by atoms with Crippen LogP contribution in [0.2, 0.25) is 0 Å². The molecule has 1 aromatic carbocycles. The molecule has 0 spiro atoms. The number of carbonyl (C=O) groups excluding carboxylic acids is 1. The highest BCUT2D eigenvalue weighted by molar-refractivity contribution is 5.69. The number of anilines is 1. The second-order valence-corrected chi connectivity index (χ2v) is 3.46. The first-order valence-electron chi connectivity index (χ1n) is 5.21. The summed E-state index contributed by atoms with van der Waals surface area (Å²) in [5.74, 6) is -0.209. The van der Waals surface area contributed by atoms with Gasteiger partial charge in [0.25, 0.3) is 0 Å². The maximum atomic E-state index is 11.3. The molecule has 0 heterocycles. The second-order valence-electron chi connectivity index (χ2n) is 3.46. The van der Waals surface area contributed by atoms with Crippen LogP contribution >= 0.6 is 0 Å². The predicted molar refractivity (Wildman–Crippen MR) is 62.0 cm³/mol. The van der Waals surface area contributed by atoms with Crippen LogP contribution in [0.5, 0.6) is 0 Å². The van der Waals surface area contributed by atoms with Crippen molar-refractivity contribution < 1.29 is 14.3 Å². The minimum atomic E-state index is -0.209. The minimum Gasteiger partial charge on any atom is -0.463 e. The maximum Gasteiger partial charge on any atom is 0.306 e. The highest BCUT2D eigenvalue weighted by Crippen LogP contribution is 2.08. The van der Waals surface area contributed by atoms with Crippen LogP contribution in [0.1, 0.15) is 12.0 Å². The number of benzene rings is 1. The van der Waals surface area contributed by atoms with Crippen LogP contribution in [0.15, 0.2) is 24.3 Å². The summed E-state index contributed by atoms with van der Waals surface area (Å²) in [4.78, 5) is 11.3. The number of rotatable bonds is 6. The third-order valence-electron chi connectivity index (χ3n) is 2.12. The average Bonchev–Trinajstić information content (AvgIpc) is 2.27. The molecular weight excluding hydrogens is 206 g/mol. The molecule has 0 fully saturated rings. The van der Waals surface area contributed by atoms with E-state index in [4.69, 9.17) is 15.2 Å². The lowest BCUT2D eigenvalue weighted by Gasteiger charge is -2.04. The van der Waals surface area contributed by atoms with Crippen molar-refractivity contribution in [3.63, 3.8) is 0 Å². The number of hydrogen-bond donors (Lipinski definition) is 1. The highest BCUT2D eigenvalue weighted by atomic mass is 16.6. The molecule has 0 aliphatic heterocycles. The van der Waals surface area contributed by atoms with Gasteiger partial charge in [0.05, 0.1) is 6.61 Å². The van der Waals surface area contributed by atoms with Crippen molar-refractivity contribution in [1.82, 2.24) is 0 Å². The first-order chi connectivity index (χ1) is 7.72. The Hall–Kier alpha value is -1.55. The molecule has 4 heteroatoms. The van der Waals surface area contributed by atoms with Crippen molar-refractivity contribution in [3.05, 3.63) is 29.8 Å². The van der Waals surface area contributed by atoms with E-state index in [0.717, 1.165) is 5.56 Å². The lowest BCUT2D eigenvalue weighted by Crippen LogP contribution is -2.10. The topological polar surface area (TPSA) is 61.5 Å². The van der Waals surface area contributed by atoms with Gasteiger partial charge in [0, 0.05) is 19.2 Å². The maximum absolute atomic E-state index is 11.3. The van der Waals surface area contributed by atoms with E-state index in [1.807, 2.05) is 24.3 Å². The number of hydrogen-bond acceptors (Lipinski definition) is 4. The number of nitrogens with two attached hydrogens (primary N) is 1. The molecule has 0 bridgehead atoms. The van der Waals surface area contributed by atoms with Gasteiger partial charge in [-0.15, -0.1) is 0 Å². The van der Waals surface area contributed by atoms with E-state index in [9.17, 15) is 4.79 Å². The zero-order valence-electron chi connectivity index (χ0n) is 9.44. The van der Waals surface area contributed by atoms with E-state index >= 15 is 0 Å². The van der Waals surface area contributed by atoms with E-state index in [1.165, 1.54) is 0 Å². The van der Waals surface area contributed by atoms with Crippen molar-refractivity contribution in [3.8, 4) is 0 Å². The molecule has 16 heavy (non-hydrogen) atoms. The van der Waals surface area contributed by atoms with Gasteiger partial charge in [0.15, 0.2) is 0 Å². The second kappa shape index (κ2) is 6.85. The number of carbonyl (C=O) groups is 1. The number of ether oxygens (including phenoxy) is 2. The minimum absolute atomic E-state index is 0.209. The quantitative estimate of drug-likeness (QED) is 0.450. The molecule has 4 nitrogen and oxygen atoms in total. The Bertz CT molecular complexity index is 339. The van der Waals surface area contributed by atoms with Crippen LogP contribution in [0.4, 0.5) is 5.69 Å². The fourth-order valence-corrected chi connectivity index (χ4v) is 1.31. The molecule has 0 aromatic heterocycles. The zero-order chi connectivity index (χ0) is 11.8. The predicted octanol–water partition coefficient (Wildman–Crippen LogP) is 1.39. The van der Waals surface area contributed by atoms with Gasteiger partial charge in [-0.3, -0.25) is 4.79 Å². The smallest absolute Gasteiger partial charge is 0.306 e. The van der Waals surface area contributed by atoms with Crippen LogP contribution in [0.3, 0.4) is 0 Å². The zero-order valence-corrected chi connectivity index (χ0v) is 9.44. The Labute approximate surface area is 95.3 Å². The Morgan fingerprint density at radius 2 is 2.19 bits per heavy atom. The summed E-state index contributed by atoms with van der Waals surface area (Å²) in [5, 5.41) is 0. The van der Waals surface area contributed by atoms with Gasteiger partial charge in [-0.25, -0.2) is 0 Å². The molecular formula is C12H17NO3. The number of aryl methyl sites for hydroxylation is 1. The van der Waals surface area contributed by atoms with E-state index in [0.29, 0.717) is 31.7 Å². The Morgan fingerprint density at radius 3 is 2.88 bits per heavy atom. The Balaban J connectivity index is 2.26. The van der Waals surface area contributed by atoms with Gasteiger partial charge in [-0.2, -0.15) is 0 Å². The molecule has 0 unspecified atom stereocenters. The lowest BCUT2D eigenvalue weighted by atomic mass is 10.1. The van der Waals surface area contributed by atoms with Crippen molar-refractivity contribution >= 4 is 11.7 Å². The first kappa shape index (κ1) is 12.5. The third kappa shape index (κ3) is 4.79. The number of nitrogen functional groups attached to an aromatic ring is 1. The standard InChI is InChI=1S/C12H17NO3/c1-15-7-8-16-12(14)6-5-10-3-2-4-11(13)9-10/h2-4,9H,5-8,13H2,1H3. The fraction of sp³-hybridized carbons (Fsp3) is 0.417. The largest absolute Gasteiger partial charge is 0.463 e. The summed E-state index contributed by atoms with van der Waals surface area (Å²) in [6.45, 7) is 0.746. The SMILES string of the molecule is COCCOC(=O)CCc1cccc(N)c1. The fourth-order valence-electron chi connectivity index (χ4n) is 1.31. The molecule has 2 N–H and O–H groups in total. The monoisotopic (exact) mass is 223 g/mol. The van der Waals surface area contributed by atoms with Gasteiger partial charge >= 0.3 is 5.97 Å². The average molecular weight is 223 g/mol. The molecule has 0 saturated heterocycles. The van der Waals surface area contributed by atoms with Gasteiger partial charge in [0.1, 0.15) is 6.61 Å². The molecule has 0 saturated carbocycles. The Morgan fingerprint density at radius 1 is 1.38 bits per heavy atom. The van der Waals surface area contributed by atoms with E-state index in [2.05, 4.69) is 0 Å². The summed E-state index contributed by atoms with van der Waals surface area (Å²) in [7, 11) is 1.57. The molecule has 0 aliphatic rings. The summed E-state index contributed by atoms with van der Waals surface area (Å²) in [6, 6.07) is 7.50. The molecule has 0 radical (unpaired) electrons. The summed E-state index contributed by atoms with van der Waals surface area (Å²) in [6.07, 6.45) is 1.02. The molecule has 1 rings (SSSR count). The molecule has 88 valence electrons. The Kier molecular flexibility index (Phi) is 5.36. The van der Waals surface area contributed by atoms with Gasteiger partial charge < -0.3 is 15.2 Å². The van der Waals surface area contributed by atoms with Crippen LogP contribution < -0.4 is 5.73 Å².